The van der Waals surface area contributed by atoms with E-state index in [0.29, 0.717) is 37.9 Å². The first-order chi connectivity index (χ1) is 14.2. The molecule has 1 fully saturated rings. The molecule has 0 aromatic heterocycles. The van der Waals surface area contributed by atoms with Gasteiger partial charge in [0.1, 0.15) is 5.60 Å². The van der Waals surface area contributed by atoms with Crippen LogP contribution < -0.4 is 5.32 Å². The van der Waals surface area contributed by atoms with Crippen LogP contribution in [0.1, 0.15) is 46.1 Å². The molecule has 1 N–H and O–H groups in total. The SMILES string of the molecule is CC1(NC(=O)N(C=O)Cc2ccc(S(C)(=O)=O)cc2)CCN(C(=O)OC(C)(C)C)CC1. The highest BCUT2D eigenvalue weighted by Crippen LogP contribution is 2.24. The molecule has 0 atom stereocenters. The summed E-state index contributed by atoms with van der Waals surface area (Å²) in [4.78, 5) is 39.2. The highest BCUT2D eigenvalue weighted by molar-refractivity contribution is 7.90. The minimum absolute atomic E-state index is 0.0134. The Hall–Kier alpha value is -2.62. The predicted molar refractivity (Wildman–Crippen MR) is 115 cm³/mol. The summed E-state index contributed by atoms with van der Waals surface area (Å²) in [6.07, 6.45) is 2.22. The van der Waals surface area contributed by atoms with Crippen LogP contribution in [0.4, 0.5) is 9.59 Å². The Morgan fingerprint density at radius 1 is 1.19 bits per heavy atom. The van der Waals surface area contributed by atoms with Crippen molar-refractivity contribution in [3.63, 3.8) is 0 Å². The number of sulfone groups is 1. The number of piperidine rings is 1. The molecular weight excluding hydrogens is 422 g/mol. The van der Waals surface area contributed by atoms with Gasteiger partial charge >= 0.3 is 12.1 Å². The van der Waals surface area contributed by atoms with Crippen LogP contribution in [-0.2, 0) is 25.9 Å². The van der Waals surface area contributed by atoms with E-state index in [1.807, 2.05) is 27.7 Å². The molecule has 31 heavy (non-hydrogen) atoms. The second-order valence-corrected chi connectivity index (χ2v) is 11.1. The van der Waals surface area contributed by atoms with Gasteiger partial charge in [-0.05, 0) is 58.2 Å². The van der Waals surface area contributed by atoms with Crippen molar-refractivity contribution in [3.8, 4) is 0 Å². The summed E-state index contributed by atoms with van der Waals surface area (Å²) in [5.74, 6) is 0. The highest BCUT2D eigenvalue weighted by Gasteiger charge is 2.35. The Morgan fingerprint density at radius 2 is 1.74 bits per heavy atom. The monoisotopic (exact) mass is 453 g/mol. The van der Waals surface area contributed by atoms with Gasteiger partial charge in [0.2, 0.25) is 6.41 Å². The van der Waals surface area contributed by atoms with Crippen molar-refractivity contribution in [1.82, 2.24) is 15.1 Å². The number of hydrogen-bond donors (Lipinski definition) is 1. The third kappa shape index (κ3) is 7.23. The Balaban J connectivity index is 1.95. The third-order valence-corrected chi connectivity index (χ3v) is 6.15. The average molecular weight is 454 g/mol. The molecule has 0 radical (unpaired) electrons. The summed E-state index contributed by atoms with van der Waals surface area (Å²) in [6, 6.07) is 5.48. The third-order valence-electron chi connectivity index (χ3n) is 5.02. The molecule has 1 aromatic carbocycles. The number of carbonyl (C=O) groups is 3. The van der Waals surface area contributed by atoms with Gasteiger partial charge in [-0.1, -0.05) is 12.1 Å². The molecule has 1 aromatic rings. The zero-order chi connectivity index (χ0) is 23.4. The number of likely N-dealkylation sites (tertiary alicyclic amines) is 1. The second kappa shape index (κ2) is 9.25. The summed E-state index contributed by atoms with van der Waals surface area (Å²) in [6.45, 7) is 8.17. The van der Waals surface area contributed by atoms with E-state index in [2.05, 4.69) is 5.32 Å². The van der Waals surface area contributed by atoms with E-state index in [-0.39, 0.29) is 17.5 Å². The van der Waals surface area contributed by atoms with Crippen molar-refractivity contribution in [3.05, 3.63) is 29.8 Å². The fraction of sp³-hybridized carbons (Fsp3) is 0.571. The van der Waals surface area contributed by atoms with E-state index in [4.69, 9.17) is 4.74 Å². The van der Waals surface area contributed by atoms with Crippen molar-refractivity contribution in [2.24, 2.45) is 0 Å². The Kier molecular flexibility index (Phi) is 7.36. The summed E-state index contributed by atoms with van der Waals surface area (Å²) >= 11 is 0. The molecule has 1 aliphatic heterocycles. The maximum atomic E-state index is 12.7. The lowest BCUT2D eigenvalue weighted by atomic mass is 9.90. The van der Waals surface area contributed by atoms with Crippen molar-refractivity contribution >= 4 is 28.4 Å². The maximum absolute atomic E-state index is 12.7. The van der Waals surface area contributed by atoms with Gasteiger partial charge in [0.15, 0.2) is 9.84 Å². The van der Waals surface area contributed by atoms with Crippen LogP contribution >= 0.6 is 0 Å². The number of urea groups is 1. The second-order valence-electron chi connectivity index (χ2n) is 9.11. The fourth-order valence-corrected chi connectivity index (χ4v) is 3.79. The molecule has 1 heterocycles. The van der Waals surface area contributed by atoms with Gasteiger partial charge < -0.3 is 15.0 Å². The molecule has 0 bridgehead atoms. The number of nitrogens with one attached hydrogen (secondary N) is 1. The fourth-order valence-electron chi connectivity index (χ4n) is 3.16. The molecular formula is C21H31N3O6S. The molecule has 0 unspecified atom stereocenters. The number of carbonyl (C=O) groups excluding carboxylic acids is 3. The molecule has 2 rings (SSSR count). The van der Waals surface area contributed by atoms with Gasteiger partial charge in [0.05, 0.1) is 11.4 Å². The van der Waals surface area contributed by atoms with Crippen molar-refractivity contribution in [2.45, 2.75) is 63.1 Å². The standard InChI is InChI=1S/C21H31N3O6S/c1-20(2,3)30-19(27)23-12-10-21(4,11-13-23)22-18(26)24(15-25)14-16-6-8-17(9-7-16)31(5,28)29/h6-9,15H,10-14H2,1-5H3,(H,22,26). The van der Waals surface area contributed by atoms with Crippen LogP contribution in [0.2, 0.25) is 0 Å². The summed E-state index contributed by atoms with van der Waals surface area (Å²) in [5, 5.41) is 2.89. The largest absolute Gasteiger partial charge is 0.444 e. The van der Waals surface area contributed by atoms with E-state index in [1.165, 1.54) is 12.1 Å². The quantitative estimate of drug-likeness (QED) is 0.686. The molecule has 172 valence electrons. The molecule has 0 aliphatic carbocycles. The molecule has 9 nitrogen and oxygen atoms in total. The van der Waals surface area contributed by atoms with E-state index in [1.54, 1.807) is 17.0 Å². The molecule has 10 heteroatoms. The van der Waals surface area contributed by atoms with Crippen LogP contribution in [0.5, 0.6) is 0 Å². The molecule has 4 amide bonds. The number of ether oxygens (including phenoxy) is 1. The average Bonchev–Trinajstić information content (AvgIpc) is 2.64. The predicted octanol–water partition coefficient (Wildman–Crippen LogP) is 2.55. The Morgan fingerprint density at radius 3 is 2.19 bits per heavy atom. The lowest BCUT2D eigenvalue weighted by molar-refractivity contribution is -0.116. The van der Waals surface area contributed by atoms with Gasteiger partial charge in [-0.15, -0.1) is 0 Å². The van der Waals surface area contributed by atoms with E-state index in [9.17, 15) is 22.8 Å². The number of imide groups is 1. The molecule has 1 aliphatic rings. The number of nitrogens with zero attached hydrogens (tertiary/aromatic N) is 2. The number of rotatable bonds is 5. The normalized spacial score (nSPS) is 16.4. The topological polar surface area (TPSA) is 113 Å². The number of hydrogen-bond acceptors (Lipinski definition) is 6. The Labute approximate surface area is 183 Å². The van der Waals surface area contributed by atoms with Gasteiger partial charge in [0, 0.05) is 24.9 Å². The zero-order valence-electron chi connectivity index (χ0n) is 18.7. The molecule has 0 spiro atoms. The molecule has 0 saturated carbocycles. The first-order valence-electron chi connectivity index (χ1n) is 10.0. The first kappa shape index (κ1) is 24.6. The highest BCUT2D eigenvalue weighted by atomic mass is 32.2. The number of amides is 4. The van der Waals surface area contributed by atoms with Crippen LogP contribution in [0.15, 0.2) is 29.2 Å². The summed E-state index contributed by atoms with van der Waals surface area (Å²) in [5.41, 5.74) is -0.521. The van der Waals surface area contributed by atoms with Crippen molar-refractivity contribution in [1.29, 1.82) is 0 Å². The summed E-state index contributed by atoms with van der Waals surface area (Å²) in [7, 11) is -3.32. The zero-order valence-corrected chi connectivity index (χ0v) is 19.5. The van der Waals surface area contributed by atoms with Gasteiger partial charge in [-0.2, -0.15) is 0 Å². The van der Waals surface area contributed by atoms with Crippen LogP contribution in [0.25, 0.3) is 0 Å². The van der Waals surface area contributed by atoms with Gasteiger partial charge in [0.25, 0.3) is 0 Å². The lowest BCUT2D eigenvalue weighted by Crippen LogP contribution is -2.57. The van der Waals surface area contributed by atoms with Crippen LogP contribution in [0, 0.1) is 0 Å². The van der Waals surface area contributed by atoms with E-state index < -0.39 is 27.0 Å². The first-order valence-corrected chi connectivity index (χ1v) is 11.9. The number of benzene rings is 1. The van der Waals surface area contributed by atoms with E-state index >= 15 is 0 Å². The van der Waals surface area contributed by atoms with E-state index in [0.717, 1.165) is 11.2 Å². The van der Waals surface area contributed by atoms with Gasteiger partial charge in [-0.3, -0.25) is 9.69 Å². The maximum Gasteiger partial charge on any atom is 0.410 e. The van der Waals surface area contributed by atoms with Crippen LogP contribution in [0.3, 0.4) is 0 Å². The lowest BCUT2D eigenvalue weighted by Gasteiger charge is -2.40. The van der Waals surface area contributed by atoms with Crippen molar-refractivity contribution < 1.29 is 27.5 Å². The van der Waals surface area contributed by atoms with Crippen LogP contribution in [-0.4, -0.2) is 67.2 Å². The van der Waals surface area contributed by atoms with Crippen molar-refractivity contribution in [2.75, 3.05) is 19.3 Å². The summed E-state index contributed by atoms with van der Waals surface area (Å²) < 4.78 is 28.5. The Bertz CT molecular complexity index is 913. The van der Waals surface area contributed by atoms with Gasteiger partial charge in [-0.25, -0.2) is 18.0 Å². The molecule has 1 saturated heterocycles. The smallest absolute Gasteiger partial charge is 0.410 e. The minimum atomic E-state index is -3.32. The minimum Gasteiger partial charge on any atom is -0.444 e.